The molecule has 0 amide bonds. The summed E-state index contributed by atoms with van der Waals surface area (Å²) < 4.78 is 1.49. The summed E-state index contributed by atoms with van der Waals surface area (Å²) in [6.45, 7) is 5.03. The minimum Gasteiger partial charge on any atom is -0.805 e. The van der Waals surface area contributed by atoms with Gasteiger partial charge in [-0.2, -0.15) is 0 Å². The Hall–Kier alpha value is -2.17. The van der Waals surface area contributed by atoms with Gasteiger partial charge in [0, 0.05) is 17.5 Å². The summed E-state index contributed by atoms with van der Waals surface area (Å²) in [5, 5.41) is 12.3. The third-order valence-electron chi connectivity index (χ3n) is 3.95. The van der Waals surface area contributed by atoms with E-state index in [9.17, 15) is 10.1 Å². The molecule has 1 unspecified atom stereocenters. The van der Waals surface area contributed by atoms with Crippen molar-refractivity contribution in [2.24, 2.45) is 10.9 Å². The molecule has 0 fully saturated rings. The van der Waals surface area contributed by atoms with Gasteiger partial charge in [-0.05, 0) is 18.4 Å². The van der Waals surface area contributed by atoms with Gasteiger partial charge in [0.2, 0.25) is 0 Å². The van der Waals surface area contributed by atoms with E-state index in [1.165, 1.54) is 25.3 Å². The average molecular weight is 301 g/mol. The number of fused-ring (bicyclic) bond motifs is 1. The maximum absolute atomic E-state index is 12.3. The zero-order chi connectivity index (χ0) is 15.9. The SMILES string of the molecule is CCCCC(CC)CN=Cc1c[n+](=O)c2ccccc2n1[O-]. The molecule has 1 aromatic carbocycles. The highest BCUT2D eigenvalue weighted by Gasteiger charge is 2.10. The van der Waals surface area contributed by atoms with Crippen molar-refractivity contribution in [1.29, 1.82) is 0 Å². The summed E-state index contributed by atoms with van der Waals surface area (Å²) in [6.07, 6.45) is 7.41. The zero-order valence-corrected chi connectivity index (χ0v) is 13.2. The maximum Gasteiger partial charge on any atom is 0.286 e. The normalized spacial score (nSPS) is 13.0. The van der Waals surface area contributed by atoms with Crippen LogP contribution >= 0.6 is 0 Å². The van der Waals surface area contributed by atoms with Gasteiger partial charge >= 0.3 is 0 Å². The van der Waals surface area contributed by atoms with Gasteiger partial charge in [0.1, 0.15) is 11.2 Å². The Kier molecular flexibility index (Phi) is 5.69. The molecule has 0 spiro atoms. The molecule has 0 aliphatic rings. The van der Waals surface area contributed by atoms with Gasteiger partial charge in [-0.3, -0.25) is 4.99 Å². The van der Waals surface area contributed by atoms with E-state index in [1.807, 2.05) is 0 Å². The molecule has 22 heavy (non-hydrogen) atoms. The smallest absolute Gasteiger partial charge is 0.286 e. The molecule has 0 saturated carbocycles. The Morgan fingerprint density at radius 2 is 2.14 bits per heavy atom. The van der Waals surface area contributed by atoms with Crippen LogP contribution in [0.15, 0.2) is 35.5 Å². The second-order valence-corrected chi connectivity index (χ2v) is 5.57. The summed E-state index contributed by atoms with van der Waals surface area (Å²) in [5.41, 5.74) is 1.00. The summed E-state index contributed by atoms with van der Waals surface area (Å²) >= 11 is 0. The van der Waals surface area contributed by atoms with Gasteiger partial charge in [-0.15, -0.1) is 0 Å². The Labute approximate surface area is 130 Å². The van der Waals surface area contributed by atoms with E-state index in [-0.39, 0.29) is 5.69 Å². The van der Waals surface area contributed by atoms with Gasteiger partial charge in [-0.25, -0.2) is 0 Å². The molecule has 5 heteroatoms. The summed E-state index contributed by atoms with van der Waals surface area (Å²) in [4.78, 5) is 16.3. The molecule has 0 aliphatic heterocycles. The quantitative estimate of drug-likeness (QED) is 0.580. The molecular formula is C17H23N3O2. The van der Waals surface area contributed by atoms with Crippen molar-refractivity contribution in [3.8, 4) is 0 Å². The molecule has 0 radical (unpaired) electrons. The fourth-order valence-electron chi connectivity index (χ4n) is 2.50. The van der Waals surface area contributed by atoms with Gasteiger partial charge in [0.15, 0.2) is 0 Å². The molecule has 0 aliphatic carbocycles. The lowest BCUT2D eigenvalue weighted by atomic mass is 10.00. The van der Waals surface area contributed by atoms with Crippen LogP contribution in [0.2, 0.25) is 0 Å². The molecule has 2 rings (SSSR count). The first-order chi connectivity index (χ1) is 10.7. The van der Waals surface area contributed by atoms with Crippen molar-refractivity contribution >= 4 is 17.2 Å². The molecule has 118 valence electrons. The Morgan fingerprint density at radius 1 is 1.36 bits per heavy atom. The predicted molar refractivity (Wildman–Crippen MR) is 89.8 cm³/mol. The standard InChI is InChI=1S/C17H23N3O2/c1-3-5-8-14(4-2)11-18-12-15-13-19(21)16-9-6-7-10-17(16)20(15)22/h6-7,9-10,12-14H,3-5,8,11H2,1-2H3. The zero-order valence-electron chi connectivity index (χ0n) is 13.2. The average Bonchev–Trinajstić information content (AvgIpc) is 2.55. The molecule has 2 aromatic rings. The second kappa shape index (κ2) is 7.73. The highest BCUT2D eigenvalue weighted by molar-refractivity contribution is 5.81. The van der Waals surface area contributed by atoms with Crippen molar-refractivity contribution in [3.05, 3.63) is 46.3 Å². The van der Waals surface area contributed by atoms with Crippen LogP contribution in [0, 0.1) is 16.0 Å². The first-order valence-corrected chi connectivity index (χ1v) is 7.91. The van der Waals surface area contributed by atoms with Crippen molar-refractivity contribution in [3.63, 3.8) is 0 Å². The van der Waals surface area contributed by atoms with Crippen molar-refractivity contribution in [1.82, 2.24) is 4.73 Å². The molecule has 5 nitrogen and oxygen atoms in total. The van der Waals surface area contributed by atoms with E-state index in [0.717, 1.165) is 22.0 Å². The number of hydrogen-bond donors (Lipinski definition) is 0. The van der Waals surface area contributed by atoms with E-state index < -0.39 is 0 Å². The van der Waals surface area contributed by atoms with Gasteiger partial charge in [-0.1, -0.05) is 45.2 Å². The summed E-state index contributed by atoms with van der Waals surface area (Å²) in [5.74, 6) is 0.538. The van der Waals surface area contributed by atoms with Crippen LogP contribution in [0.3, 0.4) is 0 Å². The minimum absolute atomic E-state index is 0.277. The number of rotatable bonds is 7. The van der Waals surface area contributed by atoms with Crippen LogP contribution < -0.4 is 4.43 Å². The van der Waals surface area contributed by atoms with E-state index in [2.05, 4.69) is 18.8 Å². The molecular weight excluding hydrogens is 278 g/mol. The van der Waals surface area contributed by atoms with Gasteiger partial charge in [0.05, 0.1) is 10.6 Å². The number of unbranched alkanes of at least 4 members (excludes halogenated alkanes) is 1. The molecule has 0 saturated heterocycles. The predicted octanol–water partition coefficient (Wildman–Crippen LogP) is 3.54. The first-order valence-electron chi connectivity index (χ1n) is 7.91. The lowest BCUT2D eigenvalue weighted by Crippen LogP contribution is -2.20. The fourth-order valence-corrected chi connectivity index (χ4v) is 2.50. The molecule has 0 N–H and O–H groups in total. The third kappa shape index (κ3) is 3.72. The van der Waals surface area contributed by atoms with E-state index >= 15 is 0 Å². The topological polar surface area (TPSA) is 63.3 Å². The molecule has 0 bridgehead atoms. The minimum atomic E-state index is 0.277. The van der Waals surface area contributed by atoms with Crippen molar-refractivity contribution < 1.29 is 4.43 Å². The molecule has 1 heterocycles. The van der Waals surface area contributed by atoms with E-state index in [0.29, 0.717) is 23.5 Å². The highest BCUT2D eigenvalue weighted by Crippen LogP contribution is 2.13. The Morgan fingerprint density at radius 3 is 2.86 bits per heavy atom. The van der Waals surface area contributed by atoms with Crippen molar-refractivity contribution in [2.75, 3.05) is 6.54 Å². The summed E-state index contributed by atoms with van der Waals surface area (Å²) in [6, 6.07) is 6.76. The van der Waals surface area contributed by atoms with Gasteiger partial charge < -0.3 is 9.94 Å². The Balaban J connectivity index is 2.19. The molecule has 1 atom stereocenters. The van der Waals surface area contributed by atoms with Crippen molar-refractivity contribution in [2.45, 2.75) is 39.5 Å². The maximum atomic E-state index is 12.3. The highest BCUT2D eigenvalue weighted by atomic mass is 16.5. The largest absolute Gasteiger partial charge is 0.805 e. The Bertz CT molecular complexity index is 707. The van der Waals surface area contributed by atoms with Crippen LogP contribution in [-0.4, -0.2) is 17.5 Å². The second-order valence-electron chi connectivity index (χ2n) is 5.57. The molecule has 1 aromatic heterocycles. The van der Waals surface area contributed by atoms with Crippen LogP contribution in [0.25, 0.3) is 11.0 Å². The van der Waals surface area contributed by atoms with Crippen LogP contribution in [-0.2, 0) is 0 Å². The number of aromatic nitrogens is 2. The first kappa shape index (κ1) is 16.2. The monoisotopic (exact) mass is 301 g/mol. The number of hydrogen-bond acceptors (Lipinski definition) is 3. The van der Waals surface area contributed by atoms with Crippen LogP contribution in [0.4, 0.5) is 0 Å². The van der Waals surface area contributed by atoms with Crippen LogP contribution in [0.1, 0.15) is 45.2 Å². The van der Waals surface area contributed by atoms with E-state index in [4.69, 9.17) is 0 Å². The number of benzene rings is 1. The number of para-hydroxylation sites is 2. The summed E-state index contributed by atoms with van der Waals surface area (Å²) in [7, 11) is 0. The number of aliphatic imine (C=N–C) groups is 1. The van der Waals surface area contributed by atoms with Gasteiger partial charge in [0.25, 0.3) is 11.7 Å². The van der Waals surface area contributed by atoms with E-state index in [1.54, 1.807) is 24.3 Å². The number of nitrogens with zero attached hydrogens (tertiary/aromatic N) is 3. The van der Waals surface area contributed by atoms with Crippen LogP contribution in [0.5, 0.6) is 0 Å². The lowest BCUT2D eigenvalue weighted by molar-refractivity contribution is -0.464. The fraction of sp³-hybridized carbons (Fsp3) is 0.471. The lowest BCUT2D eigenvalue weighted by Gasteiger charge is -2.14. The third-order valence-corrected chi connectivity index (χ3v) is 3.95.